The van der Waals surface area contributed by atoms with E-state index >= 15 is 0 Å². The maximum absolute atomic E-state index is 5.60. The minimum atomic E-state index is 0.619. The first-order valence-electron chi connectivity index (χ1n) is 7.66. The molecule has 2 aromatic rings. The number of hydrogen-bond donors (Lipinski definition) is 1. The van der Waals surface area contributed by atoms with Gasteiger partial charge in [-0.1, -0.05) is 18.2 Å². The Morgan fingerprint density at radius 3 is 2.55 bits per heavy atom. The molecule has 0 unspecified atom stereocenters. The van der Waals surface area contributed by atoms with E-state index in [1.165, 1.54) is 11.1 Å². The molecule has 0 spiro atoms. The largest absolute Gasteiger partial charge is 0.494 e. The van der Waals surface area contributed by atoms with Crippen molar-refractivity contribution >= 4 is 0 Å². The van der Waals surface area contributed by atoms with Crippen LogP contribution in [0.5, 0.6) is 17.2 Å². The fourth-order valence-corrected chi connectivity index (χ4v) is 2.46. The van der Waals surface area contributed by atoms with Crippen LogP contribution in [0.3, 0.4) is 0 Å². The number of rotatable bonds is 6. The number of hydrogen-bond acceptors (Lipinski definition) is 4. The Morgan fingerprint density at radius 1 is 0.955 bits per heavy atom. The lowest BCUT2D eigenvalue weighted by atomic mass is 10.1. The highest BCUT2D eigenvalue weighted by Gasteiger charge is 2.11. The Morgan fingerprint density at radius 2 is 1.73 bits per heavy atom. The molecular formula is C18H21NO3. The van der Waals surface area contributed by atoms with E-state index in [-0.39, 0.29) is 0 Å². The standard InChI is InChI=1S/C18H21NO3/c1-2-20-16-5-3-4-14(10-16)12-19-13-15-6-7-17-18(11-15)22-9-8-21-17/h3-7,10-11,19H,2,8-9,12-13H2,1H3. The predicted molar refractivity (Wildman–Crippen MR) is 85.6 cm³/mol. The number of benzene rings is 2. The molecule has 1 heterocycles. The topological polar surface area (TPSA) is 39.7 Å². The van der Waals surface area contributed by atoms with Crippen LogP contribution in [0.4, 0.5) is 0 Å². The monoisotopic (exact) mass is 299 g/mol. The molecule has 0 aliphatic carbocycles. The van der Waals surface area contributed by atoms with Crippen molar-refractivity contribution < 1.29 is 14.2 Å². The van der Waals surface area contributed by atoms with E-state index < -0.39 is 0 Å². The van der Waals surface area contributed by atoms with Crippen LogP contribution in [-0.2, 0) is 13.1 Å². The SMILES string of the molecule is CCOc1cccc(CNCc2ccc3c(c2)OCCO3)c1. The zero-order valence-corrected chi connectivity index (χ0v) is 12.8. The highest BCUT2D eigenvalue weighted by Crippen LogP contribution is 2.30. The molecular weight excluding hydrogens is 278 g/mol. The molecule has 0 amide bonds. The molecule has 0 fully saturated rings. The van der Waals surface area contributed by atoms with Gasteiger partial charge in [-0.25, -0.2) is 0 Å². The van der Waals surface area contributed by atoms with E-state index in [0.717, 1.165) is 30.3 Å². The van der Waals surface area contributed by atoms with Crippen molar-refractivity contribution in [1.82, 2.24) is 5.32 Å². The van der Waals surface area contributed by atoms with Crippen molar-refractivity contribution in [2.24, 2.45) is 0 Å². The van der Waals surface area contributed by atoms with E-state index in [2.05, 4.69) is 23.5 Å². The lowest BCUT2D eigenvalue weighted by molar-refractivity contribution is 0.171. The van der Waals surface area contributed by atoms with Crippen molar-refractivity contribution in [2.45, 2.75) is 20.0 Å². The summed E-state index contributed by atoms with van der Waals surface area (Å²) in [6.45, 7) is 5.51. The maximum Gasteiger partial charge on any atom is 0.161 e. The maximum atomic E-state index is 5.60. The van der Waals surface area contributed by atoms with E-state index in [1.54, 1.807) is 0 Å². The second-order valence-electron chi connectivity index (χ2n) is 5.16. The first kappa shape index (κ1) is 14.7. The summed E-state index contributed by atoms with van der Waals surface area (Å²) >= 11 is 0. The molecule has 4 heteroatoms. The van der Waals surface area contributed by atoms with Crippen LogP contribution in [0.25, 0.3) is 0 Å². The Hall–Kier alpha value is -2.20. The first-order chi connectivity index (χ1) is 10.8. The van der Waals surface area contributed by atoms with E-state index in [9.17, 15) is 0 Å². The van der Waals surface area contributed by atoms with E-state index in [1.807, 2.05) is 31.2 Å². The summed E-state index contributed by atoms with van der Waals surface area (Å²) < 4.78 is 16.6. The Labute approximate surface area is 131 Å². The van der Waals surface area contributed by atoms with Crippen LogP contribution in [0.2, 0.25) is 0 Å². The molecule has 2 aromatic carbocycles. The molecule has 0 radical (unpaired) electrons. The molecule has 0 saturated carbocycles. The second kappa shape index (κ2) is 7.18. The van der Waals surface area contributed by atoms with Gasteiger partial charge in [0.15, 0.2) is 11.5 Å². The summed E-state index contributed by atoms with van der Waals surface area (Å²) in [5.41, 5.74) is 2.40. The van der Waals surface area contributed by atoms with Gasteiger partial charge < -0.3 is 19.5 Å². The van der Waals surface area contributed by atoms with Gasteiger partial charge in [-0.2, -0.15) is 0 Å². The third-order valence-electron chi connectivity index (χ3n) is 3.47. The number of ether oxygens (including phenoxy) is 3. The summed E-state index contributed by atoms with van der Waals surface area (Å²) in [5.74, 6) is 2.59. The number of nitrogens with one attached hydrogen (secondary N) is 1. The van der Waals surface area contributed by atoms with Crippen molar-refractivity contribution in [3.63, 3.8) is 0 Å². The molecule has 1 aliphatic rings. The van der Waals surface area contributed by atoms with Gasteiger partial charge >= 0.3 is 0 Å². The molecule has 0 atom stereocenters. The van der Waals surface area contributed by atoms with Gasteiger partial charge in [0.1, 0.15) is 19.0 Å². The fraction of sp³-hybridized carbons (Fsp3) is 0.333. The lowest BCUT2D eigenvalue weighted by Gasteiger charge is -2.19. The smallest absolute Gasteiger partial charge is 0.161 e. The molecule has 0 bridgehead atoms. The summed E-state index contributed by atoms with van der Waals surface area (Å²) in [6, 6.07) is 14.2. The Bertz CT molecular complexity index is 627. The molecule has 0 saturated heterocycles. The third kappa shape index (κ3) is 3.71. The molecule has 1 N–H and O–H groups in total. The van der Waals surface area contributed by atoms with Crippen LogP contribution in [-0.4, -0.2) is 19.8 Å². The Kier molecular flexibility index (Phi) is 4.81. The predicted octanol–water partition coefficient (Wildman–Crippen LogP) is 3.15. The van der Waals surface area contributed by atoms with Gasteiger partial charge in [-0.05, 0) is 42.3 Å². The fourth-order valence-electron chi connectivity index (χ4n) is 2.46. The van der Waals surface area contributed by atoms with Crippen molar-refractivity contribution in [3.8, 4) is 17.2 Å². The van der Waals surface area contributed by atoms with Crippen LogP contribution in [0, 0.1) is 0 Å². The zero-order chi connectivity index (χ0) is 15.2. The zero-order valence-electron chi connectivity index (χ0n) is 12.8. The normalized spacial score (nSPS) is 13.0. The average Bonchev–Trinajstić information content (AvgIpc) is 2.55. The van der Waals surface area contributed by atoms with Gasteiger partial charge in [0.2, 0.25) is 0 Å². The second-order valence-corrected chi connectivity index (χ2v) is 5.16. The van der Waals surface area contributed by atoms with Crippen LogP contribution in [0.15, 0.2) is 42.5 Å². The van der Waals surface area contributed by atoms with E-state index in [4.69, 9.17) is 14.2 Å². The van der Waals surface area contributed by atoms with Gasteiger partial charge in [-0.3, -0.25) is 0 Å². The summed E-state index contributed by atoms with van der Waals surface area (Å²) in [7, 11) is 0. The Balaban J connectivity index is 1.55. The molecule has 3 rings (SSSR count). The van der Waals surface area contributed by atoms with Gasteiger partial charge in [0, 0.05) is 13.1 Å². The van der Waals surface area contributed by atoms with Gasteiger partial charge in [0.25, 0.3) is 0 Å². The molecule has 116 valence electrons. The van der Waals surface area contributed by atoms with Crippen LogP contribution in [0.1, 0.15) is 18.1 Å². The quantitative estimate of drug-likeness (QED) is 0.889. The average molecular weight is 299 g/mol. The molecule has 22 heavy (non-hydrogen) atoms. The van der Waals surface area contributed by atoms with E-state index in [0.29, 0.717) is 19.8 Å². The van der Waals surface area contributed by atoms with Crippen molar-refractivity contribution in [2.75, 3.05) is 19.8 Å². The molecule has 0 aromatic heterocycles. The van der Waals surface area contributed by atoms with Gasteiger partial charge in [-0.15, -0.1) is 0 Å². The minimum Gasteiger partial charge on any atom is -0.494 e. The summed E-state index contributed by atoms with van der Waals surface area (Å²) in [4.78, 5) is 0. The van der Waals surface area contributed by atoms with Gasteiger partial charge in [0.05, 0.1) is 6.61 Å². The summed E-state index contributed by atoms with van der Waals surface area (Å²) in [5, 5.41) is 3.44. The van der Waals surface area contributed by atoms with Crippen LogP contribution >= 0.6 is 0 Å². The number of fused-ring (bicyclic) bond motifs is 1. The van der Waals surface area contributed by atoms with Crippen molar-refractivity contribution in [3.05, 3.63) is 53.6 Å². The van der Waals surface area contributed by atoms with Crippen LogP contribution < -0.4 is 19.5 Å². The molecule has 1 aliphatic heterocycles. The summed E-state index contributed by atoms with van der Waals surface area (Å²) in [6.07, 6.45) is 0. The molecule has 4 nitrogen and oxygen atoms in total. The first-order valence-corrected chi connectivity index (χ1v) is 7.66. The highest BCUT2D eigenvalue weighted by atomic mass is 16.6. The lowest BCUT2D eigenvalue weighted by Crippen LogP contribution is -2.16. The minimum absolute atomic E-state index is 0.619. The highest BCUT2D eigenvalue weighted by molar-refractivity contribution is 5.43. The van der Waals surface area contributed by atoms with Crippen molar-refractivity contribution in [1.29, 1.82) is 0 Å². The third-order valence-corrected chi connectivity index (χ3v) is 3.47.